The highest BCUT2D eigenvalue weighted by Gasteiger charge is 2.31. The van der Waals surface area contributed by atoms with Gasteiger partial charge in [-0.25, -0.2) is 18.4 Å². The summed E-state index contributed by atoms with van der Waals surface area (Å²) in [4.78, 5) is 8.85. The summed E-state index contributed by atoms with van der Waals surface area (Å²) in [7, 11) is -2.94. The molecule has 2 aromatic rings. The van der Waals surface area contributed by atoms with E-state index in [9.17, 15) is 8.42 Å². The molecule has 1 fully saturated rings. The van der Waals surface area contributed by atoms with Crippen LogP contribution in [0.4, 0.5) is 0 Å². The molecule has 0 aliphatic carbocycles. The van der Waals surface area contributed by atoms with Crippen molar-refractivity contribution in [3.8, 4) is 0 Å². The van der Waals surface area contributed by atoms with Gasteiger partial charge in [0.05, 0.1) is 23.4 Å². The molecule has 5 nitrogen and oxygen atoms in total. The fourth-order valence-corrected chi connectivity index (χ4v) is 4.47. The van der Waals surface area contributed by atoms with E-state index in [1.807, 2.05) is 17.6 Å². The molecule has 102 valence electrons. The van der Waals surface area contributed by atoms with Crippen LogP contribution in [0.5, 0.6) is 0 Å². The fraction of sp³-hybridized carbons (Fsp3) is 0.500. The number of pyridine rings is 1. The van der Waals surface area contributed by atoms with Crippen LogP contribution in [-0.4, -0.2) is 34.5 Å². The molecule has 0 aromatic carbocycles. The standard InChI is InChI=1S/C12H14ClN3O2S/c1-8-4-10-12(14-6-8)16(11(5-13)15-10)9-2-3-19(17,18)7-9/h4,6,9H,2-3,5,7H2,1H3. The van der Waals surface area contributed by atoms with Crippen molar-refractivity contribution in [1.82, 2.24) is 14.5 Å². The lowest BCUT2D eigenvalue weighted by atomic mass is 10.2. The number of halogens is 1. The van der Waals surface area contributed by atoms with Crippen molar-refractivity contribution in [2.75, 3.05) is 11.5 Å². The topological polar surface area (TPSA) is 64.8 Å². The van der Waals surface area contributed by atoms with E-state index in [4.69, 9.17) is 11.6 Å². The van der Waals surface area contributed by atoms with Crippen molar-refractivity contribution in [3.05, 3.63) is 23.7 Å². The highest BCUT2D eigenvalue weighted by atomic mass is 35.5. The van der Waals surface area contributed by atoms with Gasteiger partial charge < -0.3 is 4.57 Å². The normalized spacial score (nSPS) is 22.1. The predicted octanol–water partition coefficient (Wildman–Crippen LogP) is 1.84. The van der Waals surface area contributed by atoms with Gasteiger partial charge in [0.25, 0.3) is 0 Å². The van der Waals surface area contributed by atoms with Crippen LogP contribution < -0.4 is 0 Å². The molecule has 0 spiro atoms. The van der Waals surface area contributed by atoms with Gasteiger partial charge in [-0.2, -0.15) is 0 Å². The van der Waals surface area contributed by atoms with Crippen molar-refractivity contribution >= 4 is 32.6 Å². The number of rotatable bonds is 2. The summed E-state index contributed by atoms with van der Waals surface area (Å²) in [6, 6.07) is 1.84. The van der Waals surface area contributed by atoms with Gasteiger partial charge in [-0.1, -0.05) is 0 Å². The summed E-state index contributed by atoms with van der Waals surface area (Å²) in [5.74, 6) is 1.33. The van der Waals surface area contributed by atoms with E-state index in [1.54, 1.807) is 6.20 Å². The predicted molar refractivity (Wildman–Crippen MR) is 74.1 cm³/mol. The molecule has 0 N–H and O–H groups in total. The van der Waals surface area contributed by atoms with Gasteiger partial charge >= 0.3 is 0 Å². The maximum absolute atomic E-state index is 11.6. The van der Waals surface area contributed by atoms with Crippen molar-refractivity contribution < 1.29 is 8.42 Å². The number of aromatic nitrogens is 3. The maximum atomic E-state index is 11.6. The van der Waals surface area contributed by atoms with Crippen LogP contribution in [0.25, 0.3) is 11.2 Å². The molecule has 19 heavy (non-hydrogen) atoms. The molecule has 2 aromatic heterocycles. The van der Waals surface area contributed by atoms with Gasteiger partial charge in [0.2, 0.25) is 0 Å². The van der Waals surface area contributed by atoms with Gasteiger partial charge in [-0.05, 0) is 25.0 Å². The molecule has 0 amide bonds. The van der Waals surface area contributed by atoms with Crippen molar-refractivity contribution in [1.29, 1.82) is 0 Å². The summed E-state index contributed by atoms with van der Waals surface area (Å²) < 4.78 is 25.2. The number of hydrogen-bond acceptors (Lipinski definition) is 4. The first-order valence-corrected chi connectivity index (χ1v) is 8.45. The molecule has 1 aliphatic heterocycles. The minimum atomic E-state index is -2.94. The van der Waals surface area contributed by atoms with Crippen LogP contribution in [0.15, 0.2) is 12.3 Å². The summed E-state index contributed by atoms with van der Waals surface area (Å²) in [5, 5.41) is 0. The molecule has 0 bridgehead atoms. The van der Waals surface area contributed by atoms with Crippen molar-refractivity contribution in [2.24, 2.45) is 0 Å². The molecule has 1 atom stereocenters. The second-order valence-corrected chi connectivity index (χ2v) is 7.44. The first-order valence-electron chi connectivity index (χ1n) is 6.10. The molecule has 1 unspecified atom stereocenters. The Morgan fingerprint density at radius 1 is 1.53 bits per heavy atom. The Hall–Kier alpha value is -1.14. The van der Waals surface area contributed by atoms with Gasteiger partial charge in [0.1, 0.15) is 11.3 Å². The van der Waals surface area contributed by atoms with Gasteiger partial charge in [-0.3, -0.25) is 0 Å². The minimum absolute atomic E-state index is 0.0982. The van der Waals surface area contributed by atoms with Crippen LogP contribution in [0.3, 0.4) is 0 Å². The van der Waals surface area contributed by atoms with Crippen molar-refractivity contribution in [3.63, 3.8) is 0 Å². The first kappa shape index (κ1) is 12.9. The molecular weight excluding hydrogens is 286 g/mol. The molecule has 3 heterocycles. The number of nitrogens with zero attached hydrogens (tertiary/aromatic N) is 3. The zero-order chi connectivity index (χ0) is 13.6. The molecular formula is C12H14ClN3O2S. The monoisotopic (exact) mass is 299 g/mol. The van der Waals surface area contributed by atoms with E-state index in [-0.39, 0.29) is 23.4 Å². The number of hydrogen-bond donors (Lipinski definition) is 0. The maximum Gasteiger partial charge on any atom is 0.160 e. The minimum Gasteiger partial charge on any atom is -0.308 e. The average molecular weight is 300 g/mol. The lowest BCUT2D eigenvalue weighted by Gasteiger charge is -2.13. The number of fused-ring (bicyclic) bond motifs is 1. The Labute approximate surface area is 116 Å². The molecule has 0 saturated carbocycles. The Bertz CT molecular complexity index is 739. The zero-order valence-corrected chi connectivity index (χ0v) is 12.1. The third kappa shape index (κ3) is 2.23. The van der Waals surface area contributed by atoms with E-state index >= 15 is 0 Å². The lowest BCUT2D eigenvalue weighted by Crippen LogP contribution is -2.13. The van der Waals surface area contributed by atoms with Crippen LogP contribution in [-0.2, 0) is 15.7 Å². The second kappa shape index (κ2) is 4.45. The van der Waals surface area contributed by atoms with Gasteiger partial charge in [0.15, 0.2) is 15.5 Å². The molecule has 0 radical (unpaired) electrons. The second-order valence-electron chi connectivity index (χ2n) is 4.94. The summed E-state index contributed by atoms with van der Waals surface area (Å²) >= 11 is 5.93. The average Bonchev–Trinajstić information content (AvgIpc) is 2.88. The summed E-state index contributed by atoms with van der Waals surface area (Å²) in [6.07, 6.45) is 2.37. The number of aryl methyl sites for hydroxylation is 1. The van der Waals surface area contributed by atoms with E-state index in [1.165, 1.54) is 0 Å². The summed E-state index contributed by atoms with van der Waals surface area (Å²) in [5.41, 5.74) is 2.53. The van der Waals surface area contributed by atoms with E-state index in [2.05, 4.69) is 9.97 Å². The third-order valence-electron chi connectivity index (χ3n) is 3.43. The highest BCUT2D eigenvalue weighted by Crippen LogP contribution is 2.29. The van der Waals surface area contributed by atoms with Crippen LogP contribution in [0.1, 0.15) is 23.9 Å². The van der Waals surface area contributed by atoms with E-state index < -0.39 is 9.84 Å². The third-order valence-corrected chi connectivity index (χ3v) is 5.42. The van der Waals surface area contributed by atoms with Crippen LogP contribution in [0, 0.1) is 6.92 Å². The van der Waals surface area contributed by atoms with Crippen LogP contribution in [0.2, 0.25) is 0 Å². The Balaban J connectivity index is 2.16. The summed E-state index contributed by atoms with van der Waals surface area (Å²) in [6.45, 7) is 1.95. The largest absolute Gasteiger partial charge is 0.308 e. The van der Waals surface area contributed by atoms with E-state index in [0.717, 1.165) is 16.7 Å². The van der Waals surface area contributed by atoms with E-state index in [0.29, 0.717) is 12.2 Å². The molecule has 1 saturated heterocycles. The first-order chi connectivity index (χ1) is 9.00. The van der Waals surface area contributed by atoms with Gasteiger partial charge in [-0.15, -0.1) is 11.6 Å². The highest BCUT2D eigenvalue weighted by molar-refractivity contribution is 7.91. The lowest BCUT2D eigenvalue weighted by molar-refractivity contribution is 0.550. The SMILES string of the molecule is Cc1cnc2c(c1)nc(CCl)n2C1CCS(=O)(=O)C1. The fourth-order valence-electron chi connectivity index (χ4n) is 2.59. The molecule has 7 heteroatoms. The Morgan fingerprint density at radius 2 is 2.32 bits per heavy atom. The number of alkyl halides is 1. The van der Waals surface area contributed by atoms with Crippen LogP contribution >= 0.6 is 11.6 Å². The van der Waals surface area contributed by atoms with Crippen molar-refractivity contribution in [2.45, 2.75) is 25.3 Å². The number of imidazole rings is 1. The van der Waals surface area contributed by atoms with Gasteiger partial charge in [0, 0.05) is 6.20 Å². The number of sulfone groups is 1. The Morgan fingerprint density at radius 3 is 2.95 bits per heavy atom. The quantitative estimate of drug-likeness (QED) is 0.794. The molecule has 3 rings (SSSR count). The zero-order valence-electron chi connectivity index (χ0n) is 10.5. The molecule has 1 aliphatic rings. The Kier molecular flexibility index (Phi) is 3.02. The smallest absolute Gasteiger partial charge is 0.160 e.